The van der Waals surface area contributed by atoms with Crippen molar-refractivity contribution in [3.8, 4) is 0 Å². The van der Waals surface area contributed by atoms with Crippen molar-refractivity contribution in [2.24, 2.45) is 0 Å². The highest BCUT2D eigenvalue weighted by atomic mass is 32.2. The number of nitrogens with zero attached hydrogens (tertiary/aromatic N) is 1. The molecular weight excluding hydrogens is 295 g/mol. The first-order valence-electron chi connectivity index (χ1n) is 6.27. The van der Waals surface area contributed by atoms with Crippen LogP contribution in [0.15, 0.2) is 47.0 Å². The minimum Gasteiger partial charge on any atom is -0.459 e. The number of carbonyl (C=O) groups excluding carboxylic acids is 1. The Morgan fingerprint density at radius 3 is 2.81 bits per heavy atom. The van der Waals surface area contributed by atoms with Crippen LogP contribution in [0.4, 0.5) is 10.1 Å². The van der Waals surface area contributed by atoms with Crippen LogP contribution in [-0.2, 0) is 14.3 Å². The number of benzene rings is 1. The van der Waals surface area contributed by atoms with Gasteiger partial charge in [-0.15, -0.1) is 0 Å². The van der Waals surface area contributed by atoms with E-state index in [0.29, 0.717) is 10.8 Å². The van der Waals surface area contributed by atoms with Crippen LogP contribution in [0, 0.1) is 5.82 Å². The molecule has 0 fully saturated rings. The third-order valence-corrected chi connectivity index (χ3v) is 4.33. The maximum Gasteiger partial charge on any atom is 0.235 e. The molecule has 0 aliphatic carbocycles. The van der Waals surface area contributed by atoms with Crippen LogP contribution < -0.4 is 5.32 Å². The molecule has 21 heavy (non-hydrogen) atoms. The molecule has 0 amide bonds. The van der Waals surface area contributed by atoms with Gasteiger partial charge >= 0.3 is 0 Å². The Morgan fingerprint density at radius 1 is 1.43 bits per heavy atom. The zero-order valence-corrected chi connectivity index (χ0v) is 12.0. The second kappa shape index (κ2) is 5.69. The highest BCUT2D eigenvalue weighted by molar-refractivity contribution is 8.04. The van der Waals surface area contributed by atoms with Crippen LogP contribution in [0.2, 0.25) is 0 Å². The molecule has 1 N–H and O–H groups in total. The van der Waals surface area contributed by atoms with E-state index < -0.39 is 0 Å². The number of thioether (sulfide) groups is 1. The fourth-order valence-electron chi connectivity index (χ4n) is 2.09. The van der Waals surface area contributed by atoms with Gasteiger partial charge in [-0.05, 0) is 31.2 Å². The summed E-state index contributed by atoms with van der Waals surface area (Å²) in [6, 6.07) is 6.04. The molecule has 2 aliphatic rings. The lowest BCUT2D eigenvalue weighted by molar-refractivity contribution is -0.104. The first-order valence-corrected chi connectivity index (χ1v) is 7.15. The molecule has 110 valence electrons. The van der Waals surface area contributed by atoms with Gasteiger partial charge in [-0.25, -0.2) is 4.39 Å². The van der Waals surface area contributed by atoms with Gasteiger partial charge in [0.25, 0.3) is 0 Å². The molecule has 0 saturated carbocycles. The van der Waals surface area contributed by atoms with Crippen LogP contribution in [0.1, 0.15) is 6.92 Å². The van der Waals surface area contributed by atoms with Gasteiger partial charge in [0.15, 0.2) is 11.8 Å². The molecular formula is C14H13FN2O3S. The largest absolute Gasteiger partial charge is 0.459 e. The number of carbonyl (C=O) groups is 1. The lowest BCUT2D eigenvalue weighted by Crippen LogP contribution is -2.33. The minimum atomic E-state index is -0.297. The van der Waals surface area contributed by atoms with E-state index in [4.69, 9.17) is 9.47 Å². The van der Waals surface area contributed by atoms with E-state index in [2.05, 4.69) is 5.32 Å². The zero-order chi connectivity index (χ0) is 14.8. The van der Waals surface area contributed by atoms with Crippen molar-refractivity contribution in [1.82, 2.24) is 4.90 Å². The Labute approximate surface area is 125 Å². The van der Waals surface area contributed by atoms with Gasteiger partial charge in [-0.2, -0.15) is 0 Å². The maximum atomic E-state index is 13.0. The first kappa shape index (κ1) is 13.8. The number of halogens is 1. The summed E-state index contributed by atoms with van der Waals surface area (Å²) in [6.45, 7) is 2.00. The summed E-state index contributed by atoms with van der Waals surface area (Å²) in [4.78, 5) is 13.6. The number of hydrogen-bond acceptors (Lipinski definition) is 6. The van der Waals surface area contributed by atoms with E-state index in [1.165, 1.54) is 30.2 Å². The van der Waals surface area contributed by atoms with Gasteiger partial charge in [-0.1, -0.05) is 11.8 Å². The molecule has 1 atom stereocenters. The van der Waals surface area contributed by atoms with E-state index >= 15 is 0 Å². The molecule has 7 heteroatoms. The fraction of sp³-hybridized carbons (Fsp3) is 0.214. The van der Waals surface area contributed by atoms with Gasteiger partial charge < -0.3 is 14.8 Å². The Hall–Kier alpha value is -2.15. The van der Waals surface area contributed by atoms with Gasteiger partial charge in [0.05, 0.1) is 4.91 Å². The molecule has 2 heterocycles. The molecule has 2 aliphatic heterocycles. The van der Waals surface area contributed by atoms with E-state index in [-0.39, 0.29) is 18.1 Å². The van der Waals surface area contributed by atoms with Crippen LogP contribution in [0.25, 0.3) is 0 Å². The van der Waals surface area contributed by atoms with Crippen LogP contribution >= 0.6 is 11.8 Å². The molecule has 0 spiro atoms. The molecule has 1 unspecified atom stereocenters. The SMILES string of the molecule is CC1=C(C=O)SC(Nc2ccc(F)cc2)N1C1=COCO1. The number of hydrogen-bond donors (Lipinski definition) is 1. The third-order valence-electron chi connectivity index (χ3n) is 3.13. The monoisotopic (exact) mass is 308 g/mol. The minimum absolute atomic E-state index is 0.156. The Morgan fingerprint density at radius 2 is 2.19 bits per heavy atom. The number of nitrogens with one attached hydrogen (secondary N) is 1. The van der Waals surface area contributed by atoms with Crippen LogP contribution in [0.5, 0.6) is 0 Å². The lowest BCUT2D eigenvalue weighted by Gasteiger charge is -2.27. The van der Waals surface area contributed by atoms with E-state index in [9.17, 15) is 9.18 Å². The van der Waals surface area contributed by atoms with Crippen molar-refractivity contribution in [2.45, 2.75) is 12.4 Å². The first-order chi connectivity index (χ1) is 10.2. The normalized spacial score (nSPS) is 21.0. The second-order valence-electron chi connectivity index (χ2n) is 4.44. The molecule has 0 bridgehead atoms. The molecule has 5 nitrogen and oxygen atoms in total. The van der Waals surface area contributed by atoms with E-state index in [1.807, 2.05) is 11.8 Å². The smallest absolute Gasteiger partial charge is 0.235 e. The lowest BCUT2D eigenvalue weighted by atomic mass is 10.3. The van der Waals surface area contributed by atoms with Gasteiger partial charge in [-0.3, -0.25) is 9.69 Å². The number of aldehydes is 1. The summed E-state index contributed by atoms with van der Waals surface area (Å²) in [7, 11) is 0. The van der Waals surface area contributed by atoms with Crippen molar-refractivity contribution in [2.75, 3.05) is 12.1 Å². The molecule has 0 aromatic heterocycles. The summed E-state index contributed by atoms with van der Waals surface area (Å²) in [5.41, 5.74) is 1.27. The molecule has 0 radical (unpaired) electrons. The van der Waals surface area contributed by atoms with Crippen molar-refractivity contribution < 1.29 is 18.7 Å². The van der Waals surface area contributed by atoms with Crippen LogP contribution in [-0.4, -0.2) is 23.5 Å². The van der Waals surface area contributed by atoms with Crippen molar-refractivity contribution in [3.63, 3.8) is 0 Å². The van der Waals surface area contributed by atoms with Crippen molar-refractivity contribution in [3.05, 3.63) is 52.8 Å². The third kappa shape index (κ3) is 2.69. The Bertz CT molecular complexity index is 615. The quantitative estimate of drug-likeness (QED) is 0.863. The predicted octanol–water partition coefficient (Wildman–Crippen LogP) is 2.80. The standard InChI is InChI=1S/C14H13FN2O3S/c1-9-12(6-18)21-14(17(9)13-7-19-8-20-13)16-11-4-2-10(15)3-5-11/h2-7,14,16H,8H2,1H3. The number of ether oxygens (including phenoxy) is 2. The zero-order valence-electron chi connectivity index (χ0n) is 11.2. The number of rotatable bonds is 4. The summed E-state index contributed by atoms with van der Waals surface area (Å²) >= 11 is 1.37. The highest BCUT2D eigenvalue weighted by Gasteiger charge is 2.35. The maximum absolute atomic E-state index is 13.0. The molecule has 0 saturated heterocycles. The average molecular weight is 308 g/mol. The second-order valence-corrected chi connectivity index (χ2v) is 5.57. The van der Waals surface area contributed by atoms with Gasteiger partial charge in [0, 0.05) is 11.4 Å². The Balaban J connectivity index is 1.83. The topological polar surface area (TPSA) is 50.8 Å². The predicted molar refractivity (Wildman–Crippen MR) is 77.1 cm³/mol. The van der Waals surface area contributed by atoms with Gasteiger partial charge in [0.2, 0.25) is 12.7 Å². The molecule has 3 rings (SSSR count). The number of allylic oxidation sites excluding steroid dienone is 2. The summed E-state index contributed by atoms with van der Waals surface area (Å²) in [5, 5.41) is 3.24. The summed E-state index contributed by atoms with van der Waals surface area (Å²) in [5.74, 6) is 0.242. The van der Waals surface area contributed by atoms with Gasteiger partial charge in [0.1, 0.15) is 12.1 Å². The summed E-state index contributed by atoms with van der Waals surface area (Å²) < 4.78 is 23.4. The molecule has 1 aromatic rings. The fourth-order valence-corrected chi connectivity index (χ4v) is 3.22. The van der Waals surface area contributed by atoms with Crippen molar-refractivity contribution in [1.29, 1.82) is 0 Å². The summed E-state index contributed by atoms with van der Waals surface area (Å²) in [6.07, 6.45) is 2.33. The average Bonchev–Trinajstić information content (AvgIpc) is 3.09. The van der Waals surface area contributed by atoms with Crippen LogP contribution in [0.3, 0.4) is 0 Å². The highest BCUT2D eigenvalue weighted by Crippen LogP contribution is 2.40. The van der Waals surface area contributed by atoms with E-state index in [0.717, 1.165) is 17.7 Å². The molecule has 1 aromatic carbocycles. The number of anilines is 1. The van der Waals surface area contributed by atoms with Crippen molar-refractivity contribution >= 4 is 23.7 Å². The Kier molecular flexibility index (Phi) is 3.74. The van der Waals surface area contributed by atoms with E-state index in [1.54, 1.807) is 12.1 Å².